The van der Waals surface area contributed by atoms with Crippen LogP contribution in [-0.2, 0) is 0 Å². The predicted molar refractivity (Wildman–Crippen MR) is 157 cm³/mol. The quantitative estimate of drug-likeness (QED) is 0.463. The monoisotopic (exact) mass is 526 g/mol. The smallest absolute Gasteiger partial charge is 0.256 e. The second-order valence-electron chi connectivity index (χ2n) is 10.6. The molecule has 0 radical (unpaired) electrons. The maximum absolute atomic E-state index is 13.9. The molecule has 0 aliphatic carbocycles. The van der Waals surface area contributed by atoms with E-state index in [1.807, 2.05) is 72.5 Å². The number of likely N-dealkylation sites (tertiary alicyclic amines) is 1. The van der Waals surface area contributed by atoms with Gasteiger partial charge in [0, 0.05) is 56.2 Å². The maximum atomic E-state index is 13.9. The number of piperidine rings is 1. The first-order chi connectivity index (χ1) is 18.9. The third kappa shape index (κ3) is 5.87. The molecule has 2 fully saturated rings. The number of ether oxygens (including phenoxy) is 1. The van der Waals surface area contributed by atoms with Gasteiger partial charge < -0.3 is 24.8 Å². The lowest BCUT2D eigenvalue weighted by Crippen LogP contribution is -2.47. The van der Waals surface area contributed by atoms with Crippen molar-refractivity contribution in [2.45, 2.75) is 26.7 Å². The van der Waals surface area contributed by atoms with E-state index < -0.39 is 0 Å². The number of carbonyl (C=O) groups is 2. The van der Waals surface area contributed by atoms with Crippen LogP contribution in [0.1, 0.15) is 46.0 Å². The Hall–Kier alpha value is -4.00. The number of nitrogens with one attached hydrogen (secondary N) is 1. The van der Waals surface area contributed by atoms with Crippen molar-refractivity contribution in [3.63, 3.8) is 0 Å². The van der Waals surface area contributed by atoms with E-state index in [9.17, 15) is 9.59 Å². The Bertz CT molecular complexity index is 1320. The number of amides is 2. The van der Waals surface area contributed by atoms with E-state index in [0.717, 1.165) is 74.8 Å². The molecule has 1 N–H and O–H groups in total. The van der Waals surface area contributed by atoms with Gasteiger partial charge in [-0.05, 0) is 67.6 Å². The van der Waals surface area contributed by atoms with Gasteiger partial charge in [-0.15, -0.1) is 0 Å². The number of carbonyl (C=O) groups excluding carboxylic acids is 2. The molecule has 204 valence electrons. The SMILES string of the molecule is COc1ccccc1N1CCN(c2ccc(NC(=O)c3ccccc3C)cc2C(=O)N2CCC(C)CC2)CC1. The van der Waals surface area contributed by atoms with Crippen molar-refractivity contribution in [2.24, 2.45) is 5.92 Å². The first-order valence-corrected chi connectivity index (χ1v) is 13.9. The first kappa shape index (κ1) is 26.6. The van der Waals surface area contributed by atoms with Crippen LogP contribution in [0.3, 0.4) is 0 Å². The molecule has 3 aromatic rings. The Kier molecular flexibility index (Phi) is 8.05. The van der Waals surface area contributed by atoms with E-state index in [1.54, 1.807) is 7.11 Å². The third-order valence-electron chi connectivity index (χ3n) is 7.99. The number of anilines is 3. The minimum absolute atomic E-state index is 0.0380. The van der Waals surface area contributed by atoms with Gasteiger partial charge >= 0.3 is 0 Å². The maximum Gasteiger partial charge on any atom is 0.256 e. The zero-order valence-corrected chi connectivity index (χ0v) is 23.2. The molecule has 7 nitrogen and oxygen atoms in total. The number of methoxy groups -OCH3 is 1. The van der Waals surface area contributed by atoms with Crippen LogP contribution < -0.4 is 19.9 Å². The Labute approximate surface area is 231 Å². The fraction of sp³-hybridized carbons (Fsp3) is 0.375. The van der Waals surface area contributed by atoms with Crippen LogP contribution in [0.25, 0.3) is 0 Å². The summed E-state index contributed by atoms with van der Waals surface area (Å²) in [6, 6.07) is 21.4. The number of hydrogen-bond acceptors (Lipinski definition) is 5. The van der Waals surface area contributed by atoms with Gasteiger partial charge in [-0.3, -0.25) is 9.59 Å². The summed E-state index contributed by atoms with van der Waals surface area (Å²) in [4.78, 5) is 33.5. The topological polar surface area (TPSA) is 65.1 Å². The molecule has 2 saturated heterocycles. The lowest BCUT2D eigenvalue weighted by Gasteiger charge is -2.39. The molecule has 0 spiro atoms. The summed E-state index contributed by atoms with van der Waals surface area (Å²) in [5.41, 5.74) is 4.84. The third-order valence-corrected chi connectivity index (χ3v) is 7.99. The van der Waals surface area contributed by atoms with Crippen molar-refractivity contribution in [2.75, 3.05) is 61.5 Å². The Morgan fingerprint density at radius 3 is 2.13 bits per heavy atom. The van der Waals surface area contributed by atoms with Crippen LogP contribution >= 0.6 is 0 Å². The van der Waals surface area contributed by atoms with Gasteiger partial charge in [-0.25, -0.2) is 0 Å². The van der Waals surface area contributed by atoms with Crippen molar-refractivity contribution in [1.82, 2.24) is 4.90 Å². The molecular weight excluding hydrogens is 488 g/mol. The Morgan fingerprint density at radius 2 is 1.44 bits per heavy atom. The number of benzene rings is 3. The van der Waals surface area contributed by atoms with E-state index in [4.69, 9.17) is 4.74 Å². The van der Waals surface area contributed by atoms with Crippen molar-refractivity contribution in [3.8, 4) is 5.75 Å². The summed E-state index contributed by atoms with van der Waals surface area (Å²) in [6.45, 7) is 8.91. The van der Waals surface area contributed by atoms with Crippen LogP contribution in [0.4, 0.5) is 17.1 Å². The summed E-state index contributed by atoms with van der Waals surface area (Å²) >= 11 is 0. The zero-order valence-electron chi connectivity index (χ0n) is 23.2. The van der Waals surface area contributed by atoms with Gasteiger partial charge in [-0.2, -0.15) is 0 Å². The minimum atomic E-state index is -0.170. The second-order valence-corrected chi connectivity index (χ2v) is 10.6. The number of para-hydroxylation sites is 2. The highest BCUT2D eigenvalue weighted by molar-refractivity contribution is 6.07. The van der Waals surface area contributed by atoms with Crippen molar-refractivity contribution >= 4 is 28.9 Å². The molecule has 39 heavy (non-hydrogen) atoms. The molecule has 2 aliphatic heterocycles. The van der Waals surface area contributed by atoms with Gasteiger partial charge in [0.05, 0.1) is 18.4 Å². The lowest BCUT2D eigenvalue weighted by atomic mass is 9.98. The predicted octanol–water partition coefficient (Wildman–Crippen LogP) is 5.45. The molecule has 0 unspecified atom stereocenters. The number of piperazine rings is 1. The van der Waals surface area contributed by atoms with Crippen LogP contribution in [-0.4, -0.2) is 63.1 Å². The van der Waals surface area contributed by atoms with Gasteiger partial charge in [0.15, 0.2) is 0 Å². The van der Waals surface area contributed by atoms with E-state index in [1.165, 1.54) is 0 Å². The zero-order chi connectivity index (χ0) is 27.4. The van der Waals surface area contributed by atoms with Gasteiger partial charge in [0.2, 0.25) is 0 Å². The van der Waals surface area contributed by atoms with Crippen LogP contribution in [0.15, 0.2) is 66.7 Å². The van der Waals surface area contributed by atoms with Gasteiger partial charge in [0.1, 0.15) is 5.75 Å². The molecular formula is C32H38N4O3. The summed E-state index contributed by atoms with van der Waals surface area (Å²) in [6.07, 6.45) is 2.03. The highest BCUT2D eigenvalue weighted by atomic mass is 16.5. The molecule has 2 amide bonds. The minimum Gasteiger partial charge on any atom is -0.495 e. The molecule has 3 aromatic carbocycles. The lowest BCUT2D eigenvalue weighted by molar-refractivity contribution is 0.0697. The number of aryl methyl sites for hydroxylation is 1. The van der Waals surface area contributed by atoms with Crippen LogP contribution in [0.2, 0.25) is 0 Å². The Balaban J connectivity index is 1.39. The fourth-order valence-corrected chi connectivity index (χ4v) is 5.55. The molecule has 5 rings (SSSR count). The average molecular weight is 527 g/mol. The molecule has 0 aromatic heterocycles. The average Bonchev–Trinajstić information content (AvgIpc) is 2.97. The summed E-state index contributed by atoms with van der Waals surface area (Å²) in [7, 11) is 1.70. The summed E-state index contributed by atoms with van der Waals surface area (Å²) in [5, 5.41) is 3.03. The number of nitrogens with zero attached hydrogens (tertiary/aromatic N) is 3. The standard InChI is InChI=1S/C32H38N4O3/c1-23-14-16-36(17-15-23)32(38)27-22-25(33-31(37)26-9-5-4-8-24(26)2)12-13-28(27)34-18-20-35(21-19-34)29-10-6-7-11-30(29)39-3/h4-13,22-23H,14-21H2,1-3H3,(H,33,37). The van der Waals surface area contributed by atoms with E-state index in [2.05, 4.69) is 28.1 Å². The number of hydrogen-bond donors (Lipinski definition) is 1. The molecule has 7 heteroatoms. The van der Waals surface area contributed by atoms with Gasteiger partial charge in [0.25, 0.3) is 11.8 Å². The molecule has 2 heterocycles. The van der Waals surface area contributed by atoms with Crippen LogP contribution in [0.5, 0.6) is 5.75 Å². The summed E-state index contributed by atoms with van der Waals surface area (Å²) < 4.78 is 5.58. The number of rotatable bonds is 6. The Morgan fingerprint density at radius 1 is 0.795 bits per heavy atom. The highest BCUT2D eigenvalue weighted by Gasteiger charge is 2.28. The van der Waals surface area contributed by atoms with Crippen LogP contribution in [0, 0.1) is 12.8 Å². The highest BCUT2D eigenvalue weighted by Crippen LogP contribution is 2.32. The normalized spacial score (nSPS) is 16.2. The van der Waals surface area contributed by atoms with Crippen molar-refractivity contribution in [3.05, 3.63) is 83.4 Å². The molecule has 0 atom stereocenters. The van der Waals surface area contributed by atoms with Crippen molar-refractivity contribution in [1.29, 1.82) is 0 Å². The summed E-state index contributed by atoms with van der Waals surface area (Å²) in [5.74, 6) is 1.37. The van der Waals surface area contributed by atoms with E-state index >= 15 is 0 Å². The second kappa shape index (κ2) is 11.8. The molecule has 0 saturated carbocycles. The fourth-order valence-electron chi connectivity index (χ4n) is 5.55. The van der Waals surface area contributed by atoms with Gasteiger partial charge in [-0.1, -0.05) is 37.3 Å². The first-order valence-electron chi connectivity index (χ1n) is 13.9. The van der Waals surface area contributed by atoms with Crippen molar-refractivity contribution < 1.29 is 14.3 Å². The van der Waals surface area contributed by atoms with E-state index in [-0.39, 0.29) is 11.8 Å². The molecule has 0 bridgehead atoms. The largest absolute Gasteiger partial charge is 0.495 e. The van der Waals surface area contributed by atoms with E-state index in [0.29, 0.717) is 22.7 Å². The molecule has 2 aliphatic rings.